The van der Waals surface area contributed by atoms with Crippen molar-refractivity contribution in [3.05, 3.63) is 41.5 Å². The highest BCUT2D eigenvalue weighted by Gasteiger charge is 2.52. The maximum Gasteiger partial charge on any atom is 0.410 e. The molecule has 56 heavy (non-hydrogen) atoms. The fraction of sp³-hybridized carbons (Fsp3) is 0.512. The van der Waals surface area contributed by atoms with E-state index < -0.39 is 41.1 Å². The summed E-state index contributed by atoms with van der Waals surface area (Å²) in [5.41, 5.74) is -1.46. The van der Waals surface area contributed by atoms with Gasteiger partial charge in [-0.3, -0.25) is 9.80 Å². The highest BCUT2D eigenvalue weighted by atomic mass is 19.1. The van der Waals surface area contributed by atoms with Gasteiger partial charge < -0.3 is 28.6 Å². The molecule has 0 saturated carbocycles. The van der Waals surface area contributed by atoms with Crippen molar-refractivity contribution in [1.29, 1.82) is 0 Å². The lowest BCUT2D eigenvalue weighted by Crippen LogP contribution is -2.63. The van der Waals surface area contributed by atoms with E-state index in [-0.39, 0.29) is 77.1 Å². The highest BCUT2D eigenvalue weighted by Crippen LogP contribution is 2.47. The number of hydrogen-bond acceptors (Lipinski definition) is 11. The molecule has 9 rings (SSSR count). The summed E-state index contributed by atoms with van der Waals surface area (Å²) >= 11 is 0. The van der Waals surface area contributed by atoms with Gasteiger partial charge in [-0.15, -0.1) is 6.42 Å². The van der Waals surface area contributed by atoms with Gasteiger partial charge in [0.1, 0.15) is 59.0 Å². The molecule has 15 heteroatoms. The zero-order chi connectivity index (χ0) is 39.1. The number of carbonyl (C=O) groups is 1. The van der Waals surface area contributed by atoms with Crippen molar-refractivity contribution in [2.75, 3.05) is 51.7 Å². The molecule has 0 radical (unpaired) electrons. The van der Waals surface area contributed by atoms with E-state index in [1.165, 1.54) is 25.3 Å². The second kappa shape index (κ2) is 13.5. The SMILES string of the molecule is C#Cc1c(F)ccc2cc(OCOC)cc(-c3nc4c5c(nc(OC[C@]67CCCN6C[C@@H](F)C7)nc5c3F)N3C[C@H]5CC[C@@H]([C@@H]3CO4)N5C(=O)OC(C)(C)C)c12. The Morgan fingerprint density at radius 1 is 1.09 bits per heavy atom. The summed E-state index contributed by atoms with van der Waals surface area (Å²) in [6.07, 6.45) is 7.89. The number of methoxy groups -OCH3 is 1. The standard InChI is InChI=1S/C41H43F3N6O6/c1-6-26-28(43)10-8-22-14-25(55-21-52-5)15-27(31(22)26)34-33(44)35-32-36(47-38(46-35)54-20-41-12-7-13-48(41)17-23(42)16-41)49-18-24-9-11-29(30(49)19-53-37(32)45-34)50(24)39(51)56-40(2,3)4/h1,8,10,14-15,23-24,29-30H,7,9,11-13,16-21H2,2-5H3/t23-,24+,29-,30-,41+/m0/s1. The number of fused-ring (bicyclic) bond motifs is 7. The van der Waals surface area contributed by atoms with E-state index in [0.29, 0.717) is 42.9 Å². The number of rotatable bonds is 7. The zero-order valence-electron chi connectivity index (χ0n) is 31.7. The lowest BCUT2D eigenvalue weighted by atomic mass is 9.95. The summed E-state index contributed by atoms with van der Waals surface area (Å²) in [6.45, 7) is 7.07. The van der Waals surface area contributed by atoms with E-state index in [0.717, 1.165) is 25.8 Å². The maximum atomic E-state index is 17.5. The Labute approximate surface area is 322 Å². The van der Waals surface area contributed by atoms with Crippen LogP contribution in [0.25, 0.3) is 32.9 Å². The van der Waals surface area contributed by atoms with Crippen molar-refractivity contribution < 1.29 is 41.7 Å². The number of hydrogen-bond donors (Lipinski definition) is 0. The molecular weight excluding hydrogens is 729 g/mol. The van der Waals surface area contributed by atoms with Crippen molar-refractivity contribution in [2.24, 2.45) is 0 Å². The first-order valence-corrected chi connectivity index (χ1v) is 19.1. The van der Waals surface area contributed by atoms with Crippen LogP contribution in [-0.2, 0) is 9.47 Å². The van der Waals surface area contributed by atoms with Gasteiger partial charge in [-0.2, -0.15) is 9.97 Å². The molecule has 5 aliphatic rings. The van der Waals surface area contributed by atoms with E-state index >= 15 is 8.78 Å². The van der Waals surface area contributed by atoms with Gasteiger partial charge in [-0.1, -0.05) is 12.0 Å². The average Bonchev–Trinajstić information content (AvgIpc) is 3.76. The van der Waals surface area contributed by atoms with E-state index in [2.05, 4.69) is 15.8 Å². The molecule has 7 heterocycles. The molecule has 12 nitrogen and oxygen atoms in total. The molecule has 294 valence electrons. The summed E-state index contributed by atoms with van der Waals surface area (Å²) in [7, 11) is 1.47. The first-order valence-electron chi connectivity index (χ1n) is 19.1. The lowest BCUT2D eigenvalue weighted by molar-refractivity contribution is 0.00537. The van der Waals surface area contributed by atoms with Crippen LogP contribution in [0.1, 0.15) is 58.4 Å². The first-order chi connectivity index (χ1) is 26.9. The molecular formula is C41H43F3N6O6. The lowest BCUT2D eigenvalue weighted by Gasteiger charge is -2.46. The van der Waals surface area contributed by atoms with Crippen LogP contribution >= 0.6 is 0 Å². The second-order valence-electron chi connectivity index (χ2n) is 16.4. The minimum atomic E-state index is -0.972. The average molecular weight is 773 g/mol. The Bertz CT molecular complexity index is 2300. The normalized spacial score (nSPS) is 25.5. The molecule has 1 amide bonds. The number of carbonyl (C=O) groups excluding carboxylic acids is 1. The third-order valence-electron chi connectivity index (χ3n) is 11.8. The third kappa shape index (κ3) is 6.00. The van der Waals surface area contributed by atoms with Crippen LogP contribution in [0.3, 0.4) is 0 Å². The second-order valence-corrected chi connectivity index (χ2v) is 16.4. The van der Waals surface area contributed by atoms with Gasteiger partial charge in [-0.05, 0) is 76.6 Å². The molecule has 2 aromatic heterocycles. The molecule has 4 aromatic rings. The number of terminal acetylenes is 1. The Morgan fingerprint density at radius 3 is 2.71 bits per heavy atom. The third-order valence-corrected chi connectivity index (χ3v) is 11.8. The smallest absolute Gasteiger partial charge is 0.410 e. The van der Waals surface area contributed by atoms with E-state index in [9.17, 15) is 9.18 Å². The largest absolute Gasteiger partial charge is 0.475 e. The van der Waals surface area contributed by atoms with Crippen molar-refractivity contribution in [3.63, 3.8) is 0 Å². The number of anilines is 1. The molecule has 4 saturated heterocycles. The summed E-state index contributed by atoms with van der Waals surface area (Å²) in [5.74, 6) is 1.65. The number of nitrogens with zero attached hydrogens (tertiary/aromatic N) is 6. The summed E-state index contributed by atoms with van der Waals surface area (Å²) in [6, 6.07) is 4.97. The number of amides is 1. The molecule has 4 fully saturated rings. The molecule has 0 aliphatic carbocycles. The van der Waals surface area contributed by atoms with Gasteiger partial charge in [0, 0.05) is 37.6 Å². The fourth-order valence-electron chi connectivity index (χ4n) is 9.50. The van der Waals surface area contributed by atoms with Crippen molar-refractivity contribution >= 4 is 33.6 Å². The van der Waals surface area contributed by atoms with Crippen molar-refractivity contribution in [3.8, 4) is 41.2 Å². The highest BCUT2D eigenvalue weighted by molar-refractivity contribution is 6.04. The van der Waals surface area contributed by atoms with Gasteiger partial charge in [-0.25, -0.2) is 22.9 Å². The van der Waals surface area contributed by atoms with Crippen LogP contribution in [-0.4, -0.2) is 113 Å². The monoisotopic (exact) mass is 772 g/mol. The van der Waals surface area contributed by atoms with Gasteiger partial charge in [0.05, 0.1) is 29.2 Å². The topological polar surface area (TPSA) is 112 Å². The predicted molar refractivity (Wildman–Crippen MR) is 201 cm³/mol. The molecule has 2 bridgehead atoms. The van der Waals surface area contributed by atoms with Gasteiger partial charge in [0.2, 0.25) is 5.88 Å². The van der Waals surface area contributed by atoms with Crippen LogP contribution in [0.2, 0.25) is 0 Å². The van der Waals surface area contributed by atoms with E-state index in [1.54, 1.807) is 11.0 Å². The quantitative estimate of drug-likeness (QED) is 0.154. The minimum absolute atomic E-state index is 0.0543. The molecule has 2 aromatic carbocycles. The number of alkyl halides is 1. The van der Waals surface area contributed by atoms with Crippen LogP contribution in [0.4, 0.5) is 23.8 Å². The van der Waals surface area contributed by atoms with E-state index in [4.69, 9.17) is 40.1 Å². The zero-order valence-corrected chi connectivity index (χ0v) is 31.7. The Balaban J connectivity index is 1.21. The number of halogens is 3. The van der Waals surface area contributed by atoms with Crippen LogP contribution in [0.5, 0.6) is 17.6 Å². The Morgan fingerprint density at radius 2 is 1.93 bits per heavy atom. The van der Waals surface area contributed by atoms with Crippen molar-refractivity contribution in [2.45, 2.75) is 88.3 Å². The van der Waals surface area contributed by atoms with Crippen LogP contribution < -0.4 is 19.1 Å². The van der Waals surface area contributed by atoms with Gasteiger partial charge >= 0.3 is 12.1 Å². The Kier molecular flexibility index (Phi) is 8.85. The molecule has 5 atom stereocenters. The summed E-state index contributed by atoms with van der Waals surface area (Å²) in [4.78, 5) is 33.9. The molecule has 0 spiro atoms. The number of ether oxygens (including phenoxy) is 5. The molecule has 0 unspecified atom stereocenters. The number of aromatic nitrogens is 3. The van der Waals surface area contributed by atoms with Gasteiger partial charge in [0.15, 0.2) is 12.6 Å². The minimum Gasteiger partial charge on any atom is -0.475 e. The first kappa shape index (κ1) is 36.6. The maximum absolute atomic E-state index is 17.5. The number of pyridine rings is 1. The summed E-state index contributed by atoms with van der Waals surface area (Å²) < 4.78 is 77.2. The molecule has 0 N–H and O–H groups in total. The van der Waals surface area contributed by atoms with E-state index in [1.807, 2.05) is 25.7 Å². The van der Waals surface area contributed by atoms with Crippen LogP contribution in [0.15, 0.2) is 24.3 Å². The van der Waals surface area contributed by atoms with Gasteiger partial charge in [0.25, 0.3) is 0 Å². The van der Waals surface area contributed by atoms with Crippen molar-refractivity contribution in [1.82, 2.24) is 24.8 Å². The predicted octanol–water partition coefficient (Wildman–Crippen LogP) is 6.39. The Hall–Kier alpha value is -5.07. The van der Waals surface area contributed by atoms with Crippen LogP contribution in [0, 0.1) is 24.0 Å². The number of benzene rings is 2. The fourth-order valence-corrected chi connectivity index (χ4v) is 9.50. The summed E-state index contributed by atoms with van der Waals surface area (Å²) in [5, 5.41) is 0.970. The number of piperazine rings is 1. The molecule has 5 aliphatic heterocycles.